The molecule has 0 heterocycles. The largest absolute Gasteiger partial charge is 0.359 e. The van der Waals surface area contributed by atoms with Gasteiger partial charge in [0.2, 0.25) is 0 Å². The van der Waals surface area contributed by atoms with Crippen molar-refractivity contribution < 1.29 is 9.47 Å². The summed E-state index contributed by atoms with van der Waals surface area (Å²) < 4.78 is 10.4. The van der Waals surface area contributed by atoms with E-state index in [9.17, 15) is 0 Å². The molecule has 1 aliphatic rings. The number of unbranched alkanes of at least 4 members (excludes halogenated alkanes) is 3. The Kier molecular flexibility index (Phi) is 6.83. The van der Waals surface area contributed by atoms with Gasteiger partial charge in [-0.25, -0.2) is 0 Å². The Morgan fingerprint density at radius 1 is 1.29 bits per heavy atom. The van der Waals surface area contributed by atoms with Gasteiger partial charge in [0.05, 0.1) is 6.61 Å². The van der Waals surface area contributed by atoms with E-state index in [4.69, 9.17) is 9.47 Å². The van der Waals surface area contributed by atoms with Gasteiger partial charge in [-0.05, 0) is 31.1 Å². The first kappa shape index (κ1) is 14.7. The van der Waals surface area contributed by atoms with Crippen LogP contribution in [0.1, 0.15) is 52.4 Å². The second-order valence-corrected chi connectivity index (χ2v) is 5.22. The molecule has 1 saturated carbocycles. The molecule has 1 aliphatic carbocycles. The molecule has 1 fully saturated rings. The van der Waals surface area contributed by atoms with Crippen LogP contribution < -0.4 is 0 Å². The van der Waals surface area contributed by atoms with E-state index in [0.29, 0.717) is 12.2 Å². The molecule has 0 unspecified atom stereocenters. The Balaban J connectivity index is 2.24. The van der Waals surface area contributed by atoms with Crippen LogP contribution in [0.5, 0.6) is 0 Å². The molecule has 0 aromatic carbocycles. The second kappa shape index (κ2) is 7.88. The van der Waals surface area contributed by atoms with Crippen LogP contribution >= 0.6 is 0 Å². The average molecular weight is 240 g/mol. The predicted molar refractivity (Wildman–Crippen MR) is 71.9 cm³/mol. The highest BCUT2D eigenvalue weighted by atomic mass is 16.7. The lowest BCUT2D eigenvalue weighted by atomic mass is 9.95. The first-order valence-corrected chi connectivity index (χ1v) is 6.99. The molecule has 2 atom stereocenters. The van der Waals surface area contributed by atoms with Crippen LogP contribution in [0.3, 0.4) is 0 Å². The van der Waals surface area contributed by atoms with Crippen molar-refractivity contribution >= 4 is 0 Å². The Morgan fingerprint density at radius 3 is 2.76 bits per heavy atom. The molecule has 0 bridgehead atoms. The van der Waals surface area contributed by atoms with Crippen LogP contribution in [0.15, 0.2) is 12.2 Å². The summed E-state index contributed by atoms with van der Waals surface area (Å²) in [6, 6.07) is 0. The number of allylic oxidation sites excluding steroid dienone is 2. The predicted octanol–water partition coefficient (Wildman–Crippen LogP) is 4.16. The second-order valence-electron chi connectivity index (χ2n) is 5.22. The number of hydrogen-bond acceptors (Lipinski definition) is 2. The standard InChI is InChI=1S/C15H28O2/c1-4-6-7-8-10-15(9-5-2)11-14(15)12-17-13-16-3/h5,9,14H,4,6-8,10-13H2,1-3H3/b9-5-/t14-,15+/m0/s1. The molecule has 0 amide bonds. The van der Waals surface area contributed by atoms with Crippen LogP contribution in [-0.2, 0) is 9.47 Å². The fourth-order valence-corrected chi connectivity index (χ4v) is 2.70. The number of methoxy groups -OCH3 is 1. The van der Waals surface area contributed by atoms with E-state index in [1.54, 1.807) is 7.11 Å². The molecule has 100 valence electrons. The summed E-state index contributed by atoms with van der Waals surface area (Å²) in [4.78, 5) is 0. The molecule has 0 aromatic heterocycles. The van der Waals surface area contributed by atoms with Gasteiger partial charge in [-0.1, -0.05) is 44.8 Å². The summed E-state index contributed by atoms with van der Waals surface area (Å²) in [5, 5.41) is 0. The molecule has 0 saturated heterocycles. The Hall–Kier alpha value is -0.340. The average Bonchev–Trinajstić information content (AvgIpc) is 2.99. The lowest BCUT2D eigenvalue weighted by Crippen LogP contribution is -2.07. The SMILES string of the molecule is C/C=C\[C@@]1(CCCCCC)C[C@H]1COCOC. The molecule has 0 radical (unpaired) electrons. The van der Waals surface area contributed by atoms with Gasteiger partial charge in [-0.2, -0.15) is 0 Å². The van der Waals surface area contributed by atoms with Crippen molar-refractivity contribution in [2.45, 2.75) is 52.4 Å². The third-order valence-corrected chi connectivity index (χ3v) is 3.79. The van der Waals surface area contributed by atoms with Gasteiger partial charge in [0.25, 0.3) is 0 Å². The fourth-order valence-electron chi connectivity index (χ4n) is 2.70. The number of rotatable bonds is 10. The van der Waals surface area contributed by atoms with Crippen LogP contribution in [0.4, 0.5) is 0 Å². The van der Waals surface area contributed by atoms with E-state index in [-0.39, 0.29) is 0 Å². The van der Waals surface area contributed by atoms with Crippen molar-refractivity contribution in [3.05, 3.63) is 12.2 Å². The van der Waals surface area contributed by atoms with Gasteiger partial charge in [-0.15, -0.1) is 0 Å². The van der Waals surface area contributed by atoms with Crippen molar-refractivity contribution in [2.75, 3.05) is 20.5 Å². The van der Waals surface area contributed by atoms with Gasteiger partial charge in [0, 0.05) is 7.11 Å². The fraction of sp³-hybridized carbons (Fsp3) is 0.867. The van der Waals surface area contributed by atoms with Crippen LogP contribution in [0.2, 0.25) is 0 Å². The zero-order valence-electron chi connectivity index (χ0n) is 11.7. The summed E-state index contributed by atoms with van der Waals surface area (Å²) in [5.74, 6) is 0.718. The van der Waals surface area contributed by atoms with Crippen LogP contribution in [-0.4, -0.2) is 20.5 Å². The van der Waals surface area contributed by atoms with E-state index in [1.165, 1.54) is 38.5 Å². The van der Waals surface area contributed by atoms with Gasteiger partial charge in [0.15, 0.2) is 0 Å². The van der Waals surface area contributed by atoms with Gasteiger partial charge < -0.3 is 9.47 Å². The van der Waals surface area contributed by atoms with E-state index in [0.717, 1.165) is 12.5 Å². The van der Waals surface area contributed by atoms with Crippen molar-refractivity contribution in [3.8, 4) is 0 Å². The maximum absolute atomic E-state index is 5.48. The summed E-state index contributed by atoms with van der Waals surface area (Å²) in [6.45, 7) is 5.67. The van der Waals surface area contributed by atoms with Crippen LogP contribution in [0.25, 0.3) is 0 Å². The first-order chi connectivity index (χ1) is 8.29. The van der Waals surface area contributed by atoms with Crippen molar-refractivity contribution in [3.63, 3.8) is 0 Å². The molecule has 0 spiro atoms. The number of hydrogen-bond donors (Lipinski definition) is 0. The summed E-state index contributed by atoms with van der Waals surface area (Å²) >= 11 is 0. The molecule has 0 aliphatic heterocycles. The third kappa shape index (κ3) is 4.81. The maximum Gasteiger partial charge on any atom is 0.146 e. The minimum atomic E-state index is 0.429. The smallest absolute Gasteiger partial charge is 0.146 e. The zero-order valence-corrected chi connectivity index (χ0v) is 11.7. The molecule has 2 heteroatoms. The van der Waals surface area contributed by atoms with Gasteiger partial charge in [-0.3, -0.25) is 0 Å². The van der Waals surface area contributed by atoms with Crippen molar-refractivity contribution in [2.24, 2.45) is 11.3 Å². The van der Waals surface area contributed by atoms with Crippen molar-refractivity contribution in [1.82, 2.24) is 0 Å². The quantitative estimate of drug-likeness (QED) is 0.324. The van der Waals surface area contributed by atoms with Crippen LogP contribution in [0, 0.1) is 11.3 Å². The molecule has 0 aromatic rings. The van der Waals surface area contributed by atoms with Gasteiger partial charge in [0.1, 0.15) is 6.79 Å². The highest BCUT2D eigenvalue weighted by Gasteiger charge is 2.50. The third-order valence-electron chi connectivity index (χ3n) is 3.79. The maximum atomic E-state index is 5.48. The van der Waals surface area contributed by atoms with E-state index in [2.05, 4.69) is 26.0 Å². The van der Waals surface area contributed by atoms with E-state index < -0.39 is 0 Å². The number of ether oxygens (including phenoxy) is 2. The lowest BCUT2D eigenvalue weighted by molar-refractivity contribution is -0.0368. The molecule has 0 N–H and O–H groups in total. The van der Waals surface area contributed by atoms with E-state index >= 15 is 0 Å². The lowest BCUT2D eigenvalue weighted by Gasteiger charge is -2.13. The Bertz CT molecular complexity index is 225. The molecular weight excluding hydrogens is 212 g/mol. The summed E-state index contributed by atoms with van der Waals surface area (Å²) in [5.41, 5.74) is 0.455. The first-order valence-electron chi connectivity index (χ1n) is 6.99. The highest BCUT2D eigenvalue weighted by Crippen LogP contribution is 2.57. The Morgan fingerprint density at radius 2 is 2.12 bits per heavy atom. The van der Waals surface area contributed by atoms with Crippen molar-refractivity contribution in [1.29, 1.82) is 0 Å². The monoisotopic (exact) mass is 240 g/mol. The van der Waals surface area contributed by atoms with Gasteiger partial charge >= 0.3 is 0 Å². The molecular formula is C15H28O2. The zero-order chi connectivity index (χ0) is 12.6. The highest BCUT2D eigenvalue weighted by molar-refractivity contribution is 5.14. The minimum Gasteiger partial charge on any atom is -0.359 e. The molecule has 17 heavy (non-hydrogen) atoms. The summed E-state index contributed by atoms with van der Waals surface area (Å²) in [6.07, 6.45) is 12.7. The van der Waals surface area contributed by atoms with E-state index in [1.807, 2.05) is 0 Å². The molecule has 1 rings (SSSR count). The molecule has 2 nitrogen and oxygen atoms in total. The Labute approximate surface area is 106 Å². The normalized spacial score (nSPS) is 27.8. The topological polar surface area (TPSA) is 18.5 Å². The minimum absolute atomic E-state index is 0.429. The summed E-state index contributed by atoms with van der Waals surface area (Å²) in [7, 11) is 1.68.